The Morgan fingerprint density at radius 2 is 2.38 bits per heavy atom. The molecule has 0 aliphatic heterocycles. The van der Waals surface area contributed by atoms with Gasteiger partial charge in [-0.05, 0) is 6.42 Å². The number of anilines is 1. The van der Waals surface area contributed by atoms with E-state index >= 15 is 0 Å². The van der Waals surface area contributed by atoms with E-state index in [0.29, 0.717) is 0 Å². The second-order valence-electron chi connectivity index (χ2n) is 3.46. The van der Waals surface area contributed by atoms with Crippen molar-refractivity contribution in [2.45, 2.75) is 12.8 Å². The van der Waals surface area contributed by atoms with Crippen molar-refractivity contribution in [2.75, 3.05) is 11.9 Å². The summed E-state index contributed by atoms with van der Waals surface area (Å²) < 4.78 is 1.73. The van der Waals surface area contributed by atoms with Crippen molar-refractivity contribution in [3.8, 4) is 12.3 Å². The highest BCUT2D eigenvalue weighted by atomic mass is 15.3. The minimum atomic E-state index is 0.772. The molecule has 0 spiro atoms. The van der Waals surface area contributed by atoms with E-state index < -0.39 is 0 Å². The molecule has 2 aromatic rings. The number of terminal acetylenes is 1. The van der Waals surface area contributed by atoms with Crippen LogP contribution in [0.1, 0.15) is 12.8 Å². The second kappa shape index (κ2) is 4.62. The molecule has 0 amide bonds. The molecule has 16 heavy (non-hydrogen) atoms. The Balaban J connectivity index is 2.15. The largest absolute Gasteiger partial charge is 0.369 e. The Morgan fingerprint density at radius 1 is 1.50 bits per heavy atom. The van der Waals surface area contributed by atoms with E-state index in [0.717, 1.165) is 36.2 Å². The summed E-state index contributed by atoms with van der Waals surface area (Å²) in [7, 11) is 1.86. The van der Waals surface area contributed by atoms with E-state index in [9.17, 15) is 0 Å². The van der Waals surface area contributed by atoms with Gasteiger partial charge < -0.3 is 5.32 Å². The summed E-state index contributed by atoms with van der Waals surface area (Å²) in [5, 5.41) is 8.31. The van der Waals surface area contributed by atoms with Gasteiger partial charge in [-0.25, -0.2) is 9.97 Å². The average molecular weight is 215 g/mol. The van der Waals surface area contributed by atoms with Crippen LogP contribution in [0, 0.1) is 12.3 Å². The third-order valence-electron chi connectivity index (χ3n) is 2.32. The van der Waals surface area contributed by atoms with Crippen LogP contribution >= 0.6 is 0 Å². The summed E-state index contributed by atoms with van der Waals surface area (Å²) in [4.78, 5) is 8.35. The number of nitrogens with one attached hydrogen (secondary N) is 1. The van der Waals surface area contributed by atoms with Crippen LogP contribution in [0.3, 0.4) is 0 Å². The lowest BCUT2D eigenvalue weighted by molar-refractivity contribution is 0.785. The van der Waals surface area contributed by atoms with E-state index in [1.54, 1.807) is 10.9 Å². The monoisotopic (exact) mass is 215 g/mol. The minimum Gasteiger partial charge on any atom is -0.369 e. The number of aryl methyl sites for hydroxylation is 1. The molecule has 2 heterocycles. The molecule has 0 radical (unpaired) electrons. The molecule has 82 valence electrons. The third kappa shape index (κ3) is 1.96. The molecule has 2 aromatic heterocycles. The average Bonchev–Trinajstić information content (AvgIpc) is 2.68. The number of rotatable bonds is 4. The van der Waals surface area contributed by atoms with Gasteiger partial charge in [0.25, 0.3) is 0 Å². The van der Waals surface area contributed by atoms with E-state index in [1.165, 1.54) is 6.33 Å². The number of unbranched alkanes of at least 4 members (excludes halogenated alkanes) is 1. The lowest BCUT2D eigenvalue weighted by Crippen LogP contribution is -2.04. The first kappa shape index (κ1) is 10.4. The fourth-order valence-electron chi connectivity index (χ4n) is 1.50. The maximum absolute atomic E-state index is 5.19. The summed E-state index contributed by atoms with van der Waals surface area (Å²) in [5.74, 6) is 3.42. The van der Waals surface area contributed by atoms with Crippen molar-refractivity contribution in [3.63, 3.8) is 0 Å². The first-order chi connectivity index (χ1) is 7.83. The molecule has 5 heteroatoms. The molecule has 0 saturated carbocycles. The predicted octanol–water partition coefficient (Wildman–Crippen LogP) is 1.19. The van der Waals surface area contributed by atoms with Crippen LogP contribution in [-0.2, 0) is 7.05 Å². The van der Waals surface area contributed by atoms with Crippen molar-refractivity contribution in [2.24, 2.45) is 7.05 Å². The molecular formula is C11H13N5. The van der Waals surface area contributed by atoms with Crippen LogP contribution in [0.25, 0.3) is 11.0 Å². The number of hydrogen-bond acceptors (Lipinski definition) is 4. The Bertz CT molecular complexity index is 523. The third-order valence-corrected chi connectivity index (χ3v) is 2.32. The van der Waals surface area contributed by atoms with Crippen LogP contribution in [0.15, 0.2) is 12.5 Å². The summed E-state index contributed by atoms with van der Waals surface area (Å²) in [6, 6.07) is 0. The van der Waals surface area contributed by atoms with Gasteiger partial charge in [0, 0.05) is 20.0 Å². The molecule has 0 saturated heterocycles. The Labute approximate surface area is 93.9 Å². The van der Waals surface area contributed by atoms with E-state index in [2.05, 4.69) is 26.3 Å². The fourth-order valence-corrected chi connectivity index (χ4v) is 1.50. The van der Waals surface area contributed by atoms with Crippen molar-refractivity contribution in [1.82, 2.24) is 19.7 Å². The molecule has 0 aliphatic carbocycles. The highest BCUT2D eigenvalue weighted by molar-refractivity contribution is 5.85. The van der Waals surface area contributed by atoms with Gasteiger partial charge in [0.1, 0.15) is 12.1 Å². The molecule has 0 aromatic carbocycles. The van der Waals surface area contributed by atoms with Crippen LogP contribution in [0.4, 0.5) is 5.82 Å². The Kier molecular flexibility index (Phi) is 3.01. The standard InChI is InChI=1S/C11H13N5/c1-3-4-5-6-12-10-9-7-15-16(2)11(9)14-8-13-10/h1,7-8H,4-6H2,2H3,(H,12,13,14). The highest BCUT2D eigenvalue weighted by Gasteiger charge is 2.06. The van der Waals surface area contributed by atoms with Gasteiger partial charge in [0.05, 0.1) is 11.6 Å². The molecule has 0 aliphatic rings. The molecule has 0 fully saturated rings. The molecule has 2 rings (SSSR count). The van der Waals surface area contributed by atoms with Crippen LogP contribution < -0.4 is 5.32 Å². The van der Waals surface area contributed by atoms with Gasteiger partial charge >= 0.3 is 0 Å². The fraction of sp³-hybridized carbons (Fsp3) is 0.364. The molecule has 0 bridgehead atoms. The quantitative estimate of drug-likeness (QED) is 0.615. The number of nitrogens with zero attached hydrogens (tertiary/aromatic N) is 4. The number of hydrogen-bond donors (Lipinski definition) is 1. The first-order valence-corrected chi connectivity index (χ1v) is 5.13. The minimum absolute atomic E-state index is 0.772. The van der Waals surface area contributed by atoms with Gasteiger partial charge in [-0.15, -0.1) is 12.3 Å². The van der Waals surface area contributed by atoms with Crippen molar-refractivity contribution < 1.29 is 0 Å². The zero-order valence-electron chi connectivity index (χ0n) is 9.14. The molecule has 5 nitrogen and oxygen atoms in total. The van der Waals surface area contributed by atoms with E-state index in [1.807, 2.05) is 7.05 Å². The number of aromatic nitrogens is 4. The summed E-state index contributed by atoms with van der Waals surface area (Å²) in [6.45, 7) is 0.811. The van der Waals surface area contributed by atoms with Gasteiger partial charge in [0.15, 0.2) is 5.65 Å². The molecule has 0 unspecified atom stereocenters. The summed E-state index contributed by atoms with van der Waals surface area (Å²) in [5.41, 5.74) is 0.828. The maximum atomic E-state index is 5.19. The topological polar surface area (TPSA) is 55.6 Å². The number of fused-ring (bicyclic) bond motifs is 1. The molecule has 0 atom stereocenters. The first-order valence-electron chi connectivity index (χ1n) is 5.13. The zero-order valence-corrected chi connectivity index (χ0v) is 9.14. The molecular weight excluding hydrogens is 202 g/mol. The van der Waals surface area contributed by atoms with Gasteiger partial charge in [-0.3, -0.25) is 4.68 Å². The second-order valence-corrected chi connectivity index (χ2v) is 3.46. The van der Waals surface area contributed by atoms with Gasteiger partial charge in [-0.1, -0.05) is 0 Å². The summed E-state index contributed by atoms with van der Waals surface area (Å²) >= 11 is 0. The lowest BCUT2D eigenvalue weighted by Gasteiger charge is -2.04. The van der Waals surface area contributed by atoms with Crippen LogP contribution in [-0.4, -0.2) is 26.3 Å². The predicted molar refractivity (Wildman–Crippen MR) is 62.9 cm³/mol. The van der Waals surface area contributed by atoms with Crippen molar-refractivity contribution >= 4 is 16.9 Å². The van der Waals surface area contributed by atoms with E-state index in [-0.39, 0.29) is 0 Å². The lowest BCUT2D eigenvalue weighted by atomic mass is 10.3. The van der Waals surface area contributed by atoms with Crippen molar-refractivity contribution in [3.05, 3.63) is 12.5 Å². The van der Waals surface area contributed by atoms with Gasteiger partial charge in [0.2, 0.25) is 0 Å². The molecule has 1 N–H and O–H groups in total. The highest BCUT2D eigenvalue weighted by Crippen LogP contribution is 2.17. The Morgan fingerprint density at radius 3 is 3.19 bits per heavy atom. The summed E-state index contributed by atoms with van der Waals surface area (Å²) in [6.07, 6.45) is 10.2. The maximum Gasteiger partial charge on any atom is 0.163 e. The van der Waals surface area contributed by atoms with E-state index in [4.69, 9.17) is 6.42 Å². The Hall–Kier alpha value is -2.09. The SMILES string of the molecule is C#CCCCNc1ncnc2c1cnn2C. The van der Waals surface area contributed by atoms with Crippen molar-refractivity contribution in [1.29, 1.82) is 0 Å². The zero-order chi connectivity index (χ0) is 11.4. The normalized spacial score (nSPS) is 10.2. The van der Waals surface area contributed by atoms with Crippen LogP contribution in [0.2, 0.25) is 0 Å². The van der Waals surface area contributed by atoms with Gasteiger partial charge in [-0.2, -0.15) is 5.10 Å². The van der Waals surface area contributed by atoms with Crippen LogP contribution in [0.5, 0.6) is 0 Å². The smallest absolute Gasteiger partial charge is 0.163 e.